The van der Waals surface area contributed by atoms with E-state index < -0.39 is 0 Å². The Bertz CT molecular complexity index is 865. The number of likely N-dealkylation sites (tertiary alicyclic amines) is 1. The van der Waals surface area contributed by atoms with Crippen LogP contribution in [0.15, 0.2) is 36.8 Å². The fourth-order valence-corrected chi connectivity index (χ4v) is 3.57. The van der Waals surface area contributed by atoms with E-state index in [0.29, 0.717) is 11.5 Å². The summed E-state index contributed by atoms with van der Waals surface area (Å²) in [6.07, 6.45) is 5.72. The molecular weight excluding hydrogens is 302 g/mol. The molecule has 1 fully saturated rings. The zero-order chi connectivity index (χ0) is 16.5. The van der Waals surface area contributed by atoms with Crippen molar-refractivity contribution in [3.8, 4) is 0 Å². The number of imidazole rings is 1. The van der Waals surface area contributed by atoms with Crippen LogP contribution in [0.25, 0.3) is 11.0 Å². The van der Waals surface area contributed by atoms with E-state index in [2.05, 4.69) is 25.8 Å². The minimum atomic E-state index is 0.0847. The van der Waals surface area contributed by atoms with Crippen LogP contribution in [0.2, 0.25) is 0 Å². The average molecular weight is 323 g/mol. The number of aryl methyl sites for hydroxylation is 1. The first-order valence-corrected chi connectivity index (χ1v) is 8.41. The van der Waals surface area contributed by atoms with Gasteiger partial charge in [-0.25, -0.2) is 4.98 Å². The van der Waals surface area contributed by atoms with E-state index in [9.17, 15) is 4.79 Å². The Hall–Kier alpha value is -2.63. The molecule has 4 rings (SSSR count). The summed E-state index contributed by atoms with van der Waals surface area (Å²) < 4.78 is 2.21. The summed E-state index contributed by atoms with van der Waals surface area (Å²) in [6.45, 7) is 4.40. The number of hydrogen-bond donors (Lipinski definition) is 1. The van der Waals surface area contributed by atoms with Crippen LogP contribution >= 0.6 is 0 Å². The molecule has 0 spiro atoms. The lowest BCUT2D eigenvalue weighted by Crippen LogP contribution is -2.41. The standard InChI is InChI=1S/C18H21N5O/c1-13-15(9-20-21-13)18(24)22-8-4-5-14(10-22)11-23-12-19-16-6-2-3-7-17(16)23/h2-3,6-7,9,12,14H,4-5,8,10-11H2,1H3,(H,20,21). The molecule has 0 saturated carbocycles. The maximum absolute atomic E-state index is 12.7. The summed E-state index contributed by atoms with van der Waals surface area (Å²) in [5, 5.41) is 6.81. The van der Waals surface area contributed by atoms with Gasteiger partial charge in [0.15, 0.2) is 0 Å². The van der Waals surface area contributed by atoms with E-state index in [0.717, 1.165) is 49.2 Å². The van der Waals surface area contributed by atoms with Crippen molar-refractivity contribution in [1.82, 2.24) is 24.6 Å². The molecule has 1 aliphatic rings. The number of amides is 1. The number of hydrogen-bond acceptors (Lipinski definition) is 3. The van der Waals surface area contributed by atoms with Gasteiger partial charge in [-0.2, -0.15) is 5.10 Å². The van der Waals surface area contributed by atoms with Crippen LogP contribution in [0.4, 0.5) is 0 Å². The van der Waals surface area contributed by atoms with Crippen molar-refractivity contribution in [3.63, 3.8) is 0 Å². The highest BCUT2D eigenvalue weighted by Crippen LogP contribution is 2.22. The van der Waals surface area contributed by atoms with Gasteiger partial charge in [0.25, 0.3) is 5.91 Å². The smallest absolute Gasteiger partial charge is 0.257 e. The van der Waals surface area contributed by atoms with E-state index in [1.165, 1.54) is 0 Å². The number of piperidine rings is 1. The Kier molecular flexibility index (Phi) is 3.80. The summed E-state index contributed by atoms with van der Waals surface area (Å²) >= 11 is 0. The minimum absolute atomic E-state index is 0.0847. The van der Waals surface area contributed by atoms with Gasteiger partial charge in [0.2, 0.25) is 0 Å². The second-order valence-corrected chi connectivity index (χ2v) is 6.55. The number of benzene rings is 1. The first-order valence-electron chi connectivity index (χ1n) is 8.41. The number of aromatic nitrogens is 4. The molecule has 2 aromatic heterocycles. The minimum Gasteiger partial charge on any atom is -0.338 e. The molecule has 1 unspecified atom stereocenters. The van der Waals surface area contributed by atoms with Gasteiger partial charge < -0.3 is 9.47 Å². The number of aromatic amines is 1. The number of fused-ring (bicyclic) bond motifs is 1. The predicted molar refractivity (Wildman–Crippen MR) is 91.7 cm³/mol. The lowest BCUT2D eigenvalue weighted by molar-refractivity contribution is 0.0662. The van der Waals surface area contributed by atoms with Crippen LogP contribution in [0.5, 0.6) is 0 Å². The van der Waals surface area contributed by atoms with Gasteiger partial charge in [-0.15, -0.1) is 0 Å². The third-order valence-electron chi connectivity index (χ3n) is 4.85. The van der Waals surface area contributed by atoms with E-state index in [4.69, 9.17) is 0 Å². The van der Waals surface area contributed by atoms with Crippen molar-refractivity contribution in [1.29, 1.82) is 0 Å². The molecule has 6 nitrogen and oxygen atoms in total. The Balaban J connectivity index is 1.49. The van der Waals surface area contributed by atoms with Gasteiger partial charge in [0, 0.05) is 25.3 Å². The number of carbonyl (C=O) groups excluding carboxylic acids is 1. The Morgan fingerprint density at radius 1 is 1.38 bits per heavy atom. The third-order valence-corrected chi connectivity index (χ3v) is 4.85. The Labute approximate surface area is 140 Å². The van der Waals surface area contributed by atoms with Crippen molar-refractivity contribution < 1.29 is 4.79 Å². The SMILES string of the molecule is Cc1[nH]ncc1C(=O)N1CCCC(Cn2cnc3ccccc32)C1. The molecule has 124 valence electrons. The molecule has 1 aromatic carbocycles. The zero-order valence-electron chi connectivity index (χ0n) is 13.8. The van der Waals surface area contributed by atoms with Crippen molar-refractivity contribution in [2.75, 3.05) is 13.1 Å². The summed E-state index contributed by atoms with van der Waals surface area (Å²) in [5.41, 5.74) is 3.70. The molecule has 0 radical (unpaired) electrons. The van der Waals surface area contributed by atoms with Crippen LogP contribution in [-0.2, 0) is 6.54 Å². The van der Waals surface area contributed by atoms with E-state index in [1.54, 1.807) is 6.20 Å². The quantitative estimate of drug-likeness (QED) is 0.806. The topological polar surface area (TPSA) is 66.8 Å². The number of nitrogens with one attached hydrogen (secondary N) is 1. The molecule has 1 amide bonds. The highest BCUT2D eigenvalue weighted by molar-refractivity contribution is 5.95. The largest absolute Gasteiger partial charge is 0.338 e. The van der Waals surface area contributed by atoms with Crippen molar-refractivity contribution in [2.45, 2.75) is 26.3 Å². The van der Waals surface area contributed by atoms with Gasteiger partial charge in [-0.05, 0) is 37.8 Å². The summed E-state index contributed by atoms with van der Waals surface area (Å²) in [6, 6.07) is 8.18. The van der Waals surface area contributed by atoms with Gasteiger partial charge in [-0.3, -0.25) is 9.89 Å². The number of nitrogens with zero attached hydrogens (tertiary/aromatic N) is 4. The van der Waals surface area contributed by atoms with Crippen molar-refractivity contribution in [2.24, 2.45) is 5.92 Å². The molecule has 1 saturated heterocycles. The summed E-state index contributed by atoms with van der Waals surface area (Å²) in [7, 11) is 0. The van der Waals surface area contributed by atoms with Crippen molar-refractivity contribution >= 4 is 16.9 Å². The second kappa shape index (κ2) is 6.11. The highest BCUT2D eigenvalue weighted by Gasteiger charge is 2.26. The molecule has 0 bridgehead atoms. The number of H-pyrrole nitrogens is 1. The van der Waals surface area contributed by atoms with Crippen LogP contribution in [0, 0.1) is 12.8 Å². The average Bonchev–Trinajstić information content (AvgIpc) is 3.21. The normalized spacial score (nSPS) is 18.2. The third kappa shape index (κ3) is 2.68. The van der Waals surface area contributed by atoms with E-state index in [-0.39, 0.29) is 5.91 Å². The fraction of sp³-hybridized carbons (Fsp3) is 0.389. The summed E-state index contributed by atoms with van der Waals surface area (Å²) in [4.78, 5) is 19.1. The predicted octanol–water partition coefficient (Wildman–Crippen LogP) is 2.62. The van der Waals surface area contributed by atoms with Gasteiger partial charge in [-0.1, -0.05) is 12.1 Å². The maximum atomic E-state index is 12.7. The maximum Gasteiger partial charge on any atom is 0.257 e. The molecule has 0 aliphatic carbocycles. The first kappa shape index (κ1) is 14.9. The lowest BCUT2D eigenvalue weighted by atomic mass is 9.97. The molecule has 6 heteroatoms. The molecule has 24 heavy (non-hydrogen) atoms. The molecule has 1 atom stereocenters. The molecule has 1 N–H and O–H groups in total. The Morgan fingerprint density at radius 2 is 2.25 bits per heavy atom. The van der Waals surface area contributed by atoms with Gasteiger partial charge >= 0.3 is 0 Å². The van der Waals surface area contributed by atoms with Crippen LogP contribution in [0.1, 0.15) is 28.9 Å². The van der Waals surface area contributed by atoms with Crippen molar-refractivity contribution in [3.05, 3.63) is 48.0 Å². The number of rotatable bonds is 3. The fourth-order valence-electron chi connectivity index (χ4n) is 3.57. The van der Waals surface area contributed by atoms with Crippen LogP contribution < -0.4 is 0 Å². The molecule has 3 heterocycles. The number of para-hydroxylation sites is 2. The monoisotopic (exact) mass is 323 g/mol. The summed E-state index contributed by atoms with van der Waals surface area (Å²) in [5.74, 6) is 0.536. The highest BCUT2D eigenvalue weighted by atomic mass is 16.2. The zero-order valence-corrected chi connectivity index (χ0v) is 13.8. The molecule has 3 aromatic rings. The number of carbonyl (C=O) groups is 1. The van der Waals surface area contributed by atoms with E-state index >= 15 is 0 Å². The first-order chi connectivity index (χ1) is 11.7. The van der Waals surface area contributed by atoms with Crippen LogP contribution in [-0.4, -0.2) is 43.6 Å². The molecular formula is C18H21N5O. The Morgan fingerprint density at radius 3 is 3.08 bits per heavy atom. The molecule has 1 aliphatic heterocycles. The van der Waals surface area contributed by atoms with Gasteiger partial charge in [0.05, 0.1) is 29.1 Å². The second-order valence-electron chi connectivity index (χ2n) is 6.55. The van der Waals surface area contributed by atoms with Gasteiger partial charge in [0.1, 0.15) is 0 Å². The lowest BCUT2D eigenvalue weighted by Gasteiger charge is -2.33. The van der Waals surface area contributed by atoms with E-state index in [1.807, 2.05) is 36.4 Å². The van der Waals surface area contributed by atoms with Crippen LogP contribution in [0.3, 0.4) is 0 Å².